The third kappa shape index (κ3) is 2.99. The smallest absolute Gasteiger partial charge is 0.416 e. The van der Waals surface area contributed by atoms with Gasteiger partial charge in [-0.2, -0.15) is 13.2 Å². The number of hydrogen-bond donors (Lipinski definition) is 1. The van der Waals surface area contributed by atoms with Gasteiger partial charge in [-0.1, -0.05) is 4.49 Å². The van der Waals surface area contributed by atoms with E-state index in [-0.39, 0.29) is 16.4 Å². The van der Waals surface area contributed by atoms with Gasteiger partial charge in [0.05, 0.1) is 5.56 Å². The second-order valence-electron chi connectivity index (χ2n) is 3.40. The standard InChI is InChI=1S/C10H6F3N3O2S/c11-10(12,13)5-1-3-6(4-2-5)18-9(17)7-8(14)15-16-19-7/h1-4H,14H2. The Morgan fingerprint density at radius 2 is 1.89 bits per heavy atom. The van der Waals surface area contributed by atoms with Crippen LogP contribution in [0.3, 0.4) is 0 Å². The van der Waals surface area contributed by atoms with Crippen molar-refractivity contribution in [1.29, 1.82) is 0 Å². The second-order valence-corrected chi connectivity index (χ2v) is 4.15. The molecule has 100 valence electrons. The third-order valence-electron chi connectivity index (χ3n) is 2.09. The maximum atomic E-state index is 12.3. The molecule has 1 aromatic heterocycles. The van der Waals surface area contributed by atoms with Gasteiger partial charge in [0, 0.05) is 0 Å². The molecule has 0 saturated carbocycles. The van der Waals surface area contributed by atoms with E-state index < -0.39 is 17.7 Å². The van der Waals surface area contributed by atoms with Crippen molar-refractivity contribution >= 4 is 23.3 Å². The molecule has 0 saturated heterocycles. The quantitative estimate of drug-likeness (QED) is 0.678. The summed E-state index contributed by atoms with van der Waals surface area (Å²) in [6, 6.07) is 3.73. The lowest BCUT2D eigenvalue weighted by molar-refractivity contribution is -0.137. The van der Waals surface area contributed by atoms with Crippen molar-refractivity contribution in [3.05, 3.63) is 34.7 Å². The van der Waals surface area contributed by atoms with Gasteiger partial charge in [-0.05, 0) is 35.8 Å². The lowest BCUT2D eigenvalue weighted by atomic mass is 10.2. The molecule has 0 aliphatic carbocycles. The lowest BCUT2D eigenvalue weighted by Gasteiger charge is -2.07. The number of halogens is 3. The molecular formula is C10H6F3N3O2S. The molecule has 0 atom stereocenters. The Labute approximate surface area is 109 Å². The molecule has 0 spiro atoms. The Kier molecular flexibility index (Phi) is 3.38. The Bertz CT molecular complexity index is 595. The van der Waals surface area contributed by atoms with Crippen molar-refractivity contribution in [2.75, 3.05) is 5.73 Å². The van der Waals surface area contributed by atoms with E-state index in [1.807, 2.05) is 0 Å². The number of esters is 1. The van der Waals surface area contributed by atoms with E-state index in [0.29, 0.717) is 0 Å². The van der Waals surface area contributed by atoms with Crippen molar-refractivity contribution in [1.82, 2.24) is 9.59 Å². The number of rotatable bonds is 2. The Morgan fingerprint density at radius 3 is 2.37 bits per heavy atom. The third-order valence-corrected chi connectivity index (χ3v) is 2.81. The summed E-state index contributed by atoms with van der Waals surface area (Å²) in [5.74, 6) is -0.917. The van der Waals surface area contributed by atoms with Gasteiger partial charge in [-0.25, -0.2) is 4.79 Å². The Hall–Kier alpha value is -2.16. The van der Waals surface area contributed by atoms with Crippen LogP contribution < -0.4 is 10.5 Å². The summed E-state index contributed by atoms with van der Waals surface area (Å²) in [5, 5.41) is 3.42. The van der Waals surface area contributed by atoms with Crippen LogP contribution in [-0.4, -0.2) is 15.6 Å². The minimum absolute atomic E-state index is 0.0000945. The molecule has 19 heavy (non-hydrogen) atoms. The fourth-order valence-electron chi connectivity index (χ4n) is 1.20. The number of hydrogen-bond acceptors (Lipinski definition) is 6. The first kappa shape index (κ1) is 13.3. The molecule has 2 N–H and O–H groups in total. The molecular weight excluding hydrogens is 283 g/mol. The Balaban J connectivity index is 2.12. The van der Waals surface area contributed by atoms with Gasteiger partial charge >= 0.3 is 12.1 Å². The van der Waals surface area contributed by atoms with E-state index in [1.54, 1.807) is 0 Å². The maximum Gasteiger partial charge on any atom is 0.416 e. The van der Waals surface area contributed by atoms with Gasteiger partial charge in [0.15, 0.2) is 10.7 Å². The summed E-state index contributed by atoms with van der Waals surface area (Å²) >= 11 is 0.744. The predicted molar refractivity (Wildman–Crippen MR) is 60.7 cm³/mol. The van der Waals surface area contributed by atoms with E-state index >= 15 is 0 Å². The topological polar surface area (TPSA) is 78.1 Å². The molecule has 5 nitrogen and oxygen atoms in total. The molecule has 0 unspecified atom stereocenters. The first-order chi connectivity index (χ1) is 8.88. The monoisotopic (exact) mass is 289 g/mol. The van der Waals surface area contributed by atoms with E-state index in [1.165, 1.54) is 0 Å². The van der Waals surface area contributed by atoms with Crippen LogP contribution in [0.5, 0.6) is 5.75 Å². The summed E-state index contributed by atoms with van der Waals surface area (Å²) in [6.45, 7) is 0. The molecule has 2 rings (SSSR count). The zero-order valence-corrected chi connectivity index (χ0v) is 9.96. The highest BCUT2D eigenvalue weighted by Crippen LogP contribution is 2.30. The Morgan fingerprint density at radius 1 is 1.26 bits per heavy atom. The molecule has 0 aliphatic rings. The van der Waals surface area contributed by atoms with Gasteiger partial charge in [-0.3, -0.25) is 0 Å². The van der Waals surface area contributed by atoms with Gasteiger partial charge in [0.25, 0.3) is 0 Å². The number of aromatic nitrogens is 2. The predicted octanol–water partition coefficient (Wildman–Crippen LogP) is 2.36. The highest BCUT2D eigenvalue weighted by atomic mass is 32.1. The average Bonchev–Trinajstić information content (AvgIpc) is 2.75. The number of benzene rings is 1. The highest BCUT2D eigenvalue weighted by molar-refractivity contribution is 7.08. The summed E-state index contributed by atoms with van der Waals surface area (Å²) in [7, 11) is 0. The van der Waals surface area contributed by atoms with Crippen LogP contribution in [0.25, 0.3) is 0 Å². The fraction of sp³-hybridized carbons (Fsp3) is 0.100. The molecule has 0 aliphatic heterocycles. The van der Waals surface area contributed by atoms with Crippen molar-refractivity contribution in [3.8, 4) is 5.75 Å². The second kappa shape index (κ2) is 4.84. The molecule has 1 heterocycles. The van der Waals surface area contributed by atoms with Gasteiger partial charge in [-0.15, -0.1) is 5.10 Å². The van der Waals surface area contributed by atoms with Crippen molar-refractivity contribution < 1.29 is 22.7 Å². The van der Waals surface area contributed by atoms with Crippen molar-refractivity contribution in [3.63, 3.8) is 0 Å². The number of carbonyl (C=O) groups is 1. The van der Waals surface area contributed by atoms with Crippen molar-refractivity contribution in [2.24, 2.45) is 0 Å². The van der Waals surface area contributed by atoms with Crippen LogP contribution >= 0.6 is 11.5 Å². The van der Waals surface area contributed by atoms with Gasteiger partial charge in [0.1, 0.15) is 5.75 Å². The fourth-order valence-corrected chi connectivity index (χ4v) is 1.67. The maximum absolute atomic E-state index is 12.3. The average molecular weight is 289 g/mol. The van der Waals surface area contributed by atoms with Crippen LogP contribution in [0.1, 0.15) is 15.2 Å². The minimum Gasteiger partial charge on any atom is -0.422 e. The summed E-state index contributed by atoms with van der Waals surface area (Å²) in [4.78, 5) is 11.6. The van der Waals surface area contributed by atoms with Crippen LogP contribution in [-0.2, 0) is 6.18 Å². The molecule has 1 aromatic carbocycles. The first-order valence-electron chi connectivity index (χ1n) is 4.85. The summed E-state index contributed by atoms with van der Waals surface area (Å²) in [6.07, 6.45) is -4.44. The van der Waals surface area contributed by atoms with Crippen LogP contribution in [0, 0.1) is 0 Å². The van der Waals surface area contributed by atoms with Gasteiger partial charge < -0.3 is 10.5 Å². The van der Waals surface area contributed by atoms with E-state index in [9.17, 15) is 18.0 Å². The molecule has 0 bridgehead atoms. The minimum atomic E-state index is -4.44. The SMILES string of the molecule is Nc1nnsc1C(=O)Oc1ccc(C(F)(F)F)cc1. The largest absolute Gasteiger partial charge is 0.422 e. The molecule has 9 heteroatoms. The number of nitrogen functional groups attached to an aromatic ring is 1. The number of nitrogens with zero attached hydrogens (tertiary/aromatic N) is 2. The van der Waals surface area contributed by atoms with Crippen LogP contribution in [0.2, 0.25) is 0 Å². The highest BCUT2D eigenvalue weighted by Gasteiger charge is 2.30. The lowest BCUT2D eigenvalue weighted by Crippen LogP contribution is -2.09. The van der Waals surface area contributed by atoms with Gasteiger partial charge in [0.2, 0.25) is 0 Å². The number of ether oxygens (including phenoxy) is 1. The summed E-state index contributed by atoms with van der Waals surface area (Å²) < 4.78 is 45.3. The summed E-state index contributed by atoms with van der Waals surface area (Å²) in [5.41, 5.74) is 4.54. The van der Waals surface area contributed by atoms with E-state index in [0.717, 1.165) is 35.8 Å². The number of nitrogens with two attached hydrogens (primary N) is 1. The number of alkyl halides is 3. The first-order valence-corrected chi connectivity index (χ1v) is 5.62. The molecule has 0 amide bonds. The van der Waals surface area contributed by atoms with E-state index in [4.69, 9.17) is 10.5 Å². The molecule has 0 radical (unpaired) electrons. The van der Waals surface area contributed by atoms with Crippen LogP contribution in [0.15, 0.2) is 24.3 Å². The zero-order chi connectivity index (χ0) is 14.0. The van der Waals surface area contributed by atoms with Crippen molar-refractivity contribution in [2.45, 2.75) is 6.18 Å². The molecule has 2 aromatic rings. The number of anilines is 1. The normalized spacial score (nSPS) is 11.3. The zero-order valence-electron chi connectivity index (χ0n) is 9.14. The van der Waals surface area contributed by atoms with Crippen LogP contribution in [0.4, 0.5) is 19.0 Å². The van der Waals surface area contributed by atoms with E-state index in [2.05, 4.69) is 9.59 Å². The number of carbonyl (C=O) groups excluding carboxylic acids is 1. The molecule has 0 fully saturated rings.